The van der Waals surface area contributed by atoms with Crippen LogP contribution < -0.4 is 0 Å². The molecule has 346 valence electrons. The fraction of sp³-hybridized carbons (Fsp3) is 0. The minimum atomic E-state index is 0.579. The molecule has 74 heavy (non-hydrogen) atoms. The second kappa shape index (κ2) is 18.2. The molecular formula is C69H43N3OS. The van der Waals surface area contributed by atoms with Crippen LogP contribution in [0.1, 0.15) is 0 Å². The van der Waals surface area contributed by atoms with E-state index in [9.17, 15) is 0 Å². The van der Waals surface area contributed by atoms with Gasteiger partial charge in [-0.05, 0) is 85.5 Å². The molecule has 0 amide bonds. The molecule has 3 aromatic heterocycles. The maximum absolute atomic E-state index is 6.80. The molecule has 0 atom stereocenters. The maximum Gasteiger partial charge on any atom is 0.164 e. The first kappa shape index (κ1) is 43.3. The van der Waals surface area contributed by atoms with Gasteiger partial charge in [-0.3, -0.25) is 0 Å². The fourth-order valence-electron chi connectivity index (χ4n) is 10.5. The standard InChI is InChI=1S/C69H43N3OS/c1-5-17-44(18-6-1)54-42-60(49-21-9-3-10-22-49)64-61(43-54)63-59(31-16-32-62(63)73-64)69-71-67(50-23-11-4-12-24-50)70-68(72-69)51-39-37-46(38-40-51)45-33-35-47(36-34-45)52-25-13-26-53(41-52)56-28-15-30-58-57-29-14-27-55(65(57)74-66(56)58)48-19-7-2-8-20-48/h1-43H. The summed E-state index contributed by atoms with van der Waals surface area (Å²) in [6.45, 7) is 0. The topological polar surface area (TPSA) is 51.8 Å². The molecule has 0 aliphatic heterocycles. The van der Waals surface area contributed by atoms with Crippen LogP contribution in [-0.4, -0.2) is 15.0 Å². The Morgan fingerprint density at radius 2 is 0.676 bits per heavy atom. The monoisotopic (exact) mass is 961 g/mol. The second-order valence-electron chi connectivity index (χ2n) is 18.7. The molecule has 0 fully saturated rings. The van der Waals surface area contributed by atoms with Gasteiger partial charge in [0, 0.05) is 53.2 Å². The molecule has 0 unspecified atom stereocenters. The molecule has 0 aliphatic rings. The molecule has 0 N–H and O–H groups in total. The summed E-state index contributed by atoms with van der Waals surface area (Å²) in [4.78, 5) is 15.6. The Balaban J connectivity index is 0.805. The first-order valence-corrected chi connectivity index (χ1v) is 25.7. The predicted molar refractivity (Wildman–Crippen MR) is 309 cm³/mol. The van der Waals surface area contributed by atoms with E-state index < -0.39 is 0 Å². The predicted octanol–water partition coefficient (Wildman–Crippen LogP) is 19.1. The summed E-state index contributed by atoms with van der Waals surface area (Å²) in [5.41, 5.74) is 18.2. The number of rotatable bonds is 9. The van der Waals surface area contributed by atoms with Crippen LogP contribution >= 0.6 is 11.3 Å². The summed E-state index contributed by atoms with van der Waals surface area (Å²) in [5.74, 6) is 1.78. The van der Waals surface area contributed by atoms with Crippen LogP contribution in [0.25, 0.3) is 143 Å². The normalized spacial score (nSPS) is 11.5. The Bertz CT molecular complexity index is 4380. The number of benzene rings is 11. The summed E-state index contributed by atoms with van der Waals surface area (Å²) in [5, 5.41) is 4.57. The third kappa shape index (κ3) is 7.75. The van der Waals surface area contributed by atoms with E-state index in [-0.39, 0.29) is 0 Å². The molecule has 0 spiro atoms. The van der Waals surface area contributed by atoms with E-state index in [0.717, 1.165) is 72.0 Å². The quantitative estimate of drug-likeness (QED) is 0.145. The van der Waals surface area contributed by atoms with Crippen molar-refractivity contribution >= 4 is 53.4 Å². The molecule has 11 aromatic carbocycles. The highest BCUT2D eigenvalue weighted by atomic mass is 32.1. The highest BCUT2D eigenvalue weighted by Gasteiger charge is 2.22. The average molecular weight is 962 g/mol. The van der Waals surface area contributed by atoms with Crippen molar-refractivity contribution in [1.82, 2.24) is 15.0 Å². The maximum atomic E-state index is 6.80. The molecule has 0 saturated carbocycles. The van der Waals surface area contributed by atoms with E-state index in [4.69, 9.17) is 19.4 Å². The molecule has 0 radical (unpaired) electrons. The van der Waals surface area contributed by atoms with Crippen LogP contribution in [0, 0.1) is 0 Å². The van der Waals surface area contributed by atoms with Crippen LogP contribution in [0.4, 0.5) is 0 Å². The van der Waals surface area contributed by atoms with Gasteiger partial charge >= 0.3 is 0 Å². The molecule has 14 aromatic rings. The summed E-state index contributed by atoms with van der Waals surface area (Å²) >= 11 is 1.89. The van der Waals surface area contributed by atoms with Gasteiger partial charge in [0.05, 0.1) is 0 Å². The number of fused-ring (bicyclic) bond motifs is 6. The summed E-state index contributed by atoms with van der Waals surface area (Å²) < 4.78 is 9.43. The minimum absolute atomic E-state index is 0.579. The van der Waals surface area contributed by atoms with Crippen molar-refractivity contribution in [2.75, 3.05) is 0 Å². The SMILES string of the molecule is c1ccc(-c2cc(-c3ccccc3)c3oc4cccc(-c5nc(-c6ccccc6)nc(-c6ccc(-c7ccc(-c8cccc(-c9cccc%10c9sc9c(-c%11ccccc%11)cccc9%10)c8)cc7)cc6)n5)c4c3c2)cc1. The van der Waals surface area contributed by atoms with Gasteiger partial charge in [-0.15, -0.1) is 11.3 Å². The molecule has 14 rings (SSSR count). The Morgan fingerprint density at radius 3 is 1.28 bits per heavy atom. The molecular weight excluding hydrogens is 919 g/mol. The zero-order chi connectivity index (χ0) is 49.0. The Labute approximate surface area is 432 Å². The lowest BCUT2D eigenvalue weighted by Crippen LogP contribution is -2.00. The van der Waals surface area contributed by atoms with Gasteiger partial charge in [-0.2, -0.15) is 0 Å². The summed E-state index contributed by atoms with van der Waals surface area (Å²) in [6.07, 6.45) is 0. The van der Waals surface area contributed by atoms with Gasteiger partial charge in [-0.1, -0.05) is 237 Å². The number of aromatic nitrogens is 3. The van der Waals surface area contributed by atoms with E-state index >= 15 is 0 Å². The number of thiophene rings is 1. The van der Waals surface area contributed by atoms with Gasteiger partial charge < -0.3 is 4.42 Å². The zero-order valence-corrected chi connectivity index (χ0v) is 40.8. The third-order valence-corrected chi connectivity index (χ3v) is 15.5. The second-order valence-corrected chi connectivity index (χ2v) is 19.7. The molecule has 3 heterocycles. The van der Waals surface area contributed by atoms with Crippen LogP contribution in [0.5, 0.6) is 0 Å². The Kier molecular flexibility index (Phi) is 10.7. The minimum Gasteiger partial charge on any atom is -0.455 e. The highest BCUT2D eigenvalue weighted by molar-refractivity contribution is 7.26. The van der Waals surface area contributed by atoms with Gasteiger partial charge in [0.2, 0.25) is 0 Å². The van der Waals surface area contributed by atoms with Crippen LogP contribution in [0.15, 0.2) is 265 Å². The number of nitrogens with zero attached hydrogens (tertiary/aromatic N) is 3. The highest BCUT2D eigenvalue weighted by Crippen LogP contribution is 2.46. The Hall–Kier alpha value is -9.55. The van der Waals surface area contributed by atoms with Crippen LogP contribution in [-0.2, 0) is 0 Å². The zero-order valence-electron chi connectivity index (χ0n) is 40.0. The first-order chi connectivity index (χ1) is 36.7. The lowest BCUT2D eigenvalue weighted by atomic mass is 9.95. The molecule has 5 heteroatoms. The summed E-state index contributed by atoms with van der Waals surface area (Å²) in [6, 6.07) is 92.2. The van der Waals surface area contributed by atoms with Crippen LogP contribution in [0.2, 0.25) is 0 Å². The smallest absolute Gasteiger partial charge is 0.164 e. The molecule has 0 aliphatic carbocycles. The fourth-order valence-corrected chi connectivity index (χ4v) is 11.9. The van der Waals surface area contributed by atoms with Gasteiger partial charge in [0.1, 0.15) is 11.2 Å². The third-order valence-electron chi connectivity index (χ3n) is 14.2. The van der Waals surface area contributed by atoms with Gasteiger partial charge in [0.25, 0.3) is 0 Å². The van der Waals surface area contributed by atoms with Crippen molar-refractivity contribution in [3.63, 3.8) is 0 Å². The lowest BCUT2D eigenvalue weighted by molar-refractivity contribution is 0.670. The molecule has 4 nitrogen and oxygen atoms in total. The first-order valence-electron chi connectivity index (χ1n) is 24.9. The van der Waals surface area contributed by atoms with Gasteiger partial charge in [-0.25, -0.2) is 15.0 Å². The van der Waals surface area contributed by atoms with Crippen molar-refractivity contribution < 1.29 is 4.42 Å². The van der Waals surface area contributed by atoms with Crippen molar-refractivity contribution in [1.29, 1.82) is 0 Å². The van der Waals surface area contributed by atoms with E-state index in [2.05, 4.69) is 212 Å². The lowest BCUT2D eigenvalue weighted by Gasteiger charge is -2.11. The van der Waals surface area contributed by atoms with E-state index in [1.165, 1.54) is 53.6 Å². The number of hydrogen-bond donors (Lipinski definition) is 0. The van der Waals surface area contributed by atoms with Crippen molar-refractivity contribution in [3.8, 4) is 101 Å². The number of furan rings is 1. The average Bonchev–Trinajstić information content (AvgIpc) is 4.08. The van der Waals surface area contributed by atoms with E-state index in [1.807, 2.05) is 59.9 Å². The van der Waals surface area contributed by atoms with Gasteiger partial charge in [0.15, 0.2) is 17.5 Å². The molecule has 0 saturated heterocycles. The molecule has 0 bridgehead atoms. The van der Waals surface area contributed by atoms with Crippen molar-refractivity contribution in [2.45, 2.75) is 0 Å². The van der Waals surface area contributed by atoms with E-state index in [1.54, 1.807) is 0 Å². The van der Waals surface area contributed by atoms with Crippen molar-refractivity contribution in [3.05, 3.63) is 261 Å². The largest absolute Gasteiger partial charge is 0.455 e. The van der Waals surface area contributed by atoms with Crippen LogP contribution in [0.3, 0.4) is 0 Å². The summed E-state index contributed by atoms with van der Waals surface area (Å²) in [7, 11) is 0. The Morgan fingerprint density at radius 1 is 0.257 bits per heavy atom. The number of hydrogen-bond acceptors (Lipinski definition) is 5. The van der Waals surface area contributed by atoms with Crippen molar-refractivity contribution in [2.24, 2.45) is 0 Å². The van der Waals surface area contributed by atoms with E-state index in [0.29, 0.717) is 17.5 Å².